The summed E-state index contributed by atoms with van der Waals surface area (Å²) in [6.07, 6.45) is 0.888. The number of nitriles is 1. The summed E-state index contributed by atoms with van der Waals surface area (Å²) in [5.74, 6) is -0.717. The van der Waals surface area contributed by atoms with Gasteiger partial charge in [-0.25, -0.2) is 4.79 Å². The molecule has 5 heteroatoms. The van der Waals surface area contributed by atoms with E-state index in [2.05, 4.69) is 11.3 Å². The highest BCUT2D eigenvalue weighted by atomic mass is 28.3. The van der Waals surface area contributed by atoms with Crippen molar-refractivity contribution in [1.82, 2.24) is 0 Å². The predicted molar refractivity (Wildman–Crippen MR) is 53.5 cm³/mol. The van der Waals surface area contributed by atoms with Crippen LogP contribution in [0.1, 0.15) is 13.3 Å². The molecule has 0 rings (SSSR count). The number of hydrogen-bond acceptors (Lipinski definition) is 3. The monoisotopic (exact) mass is 212 g/mol. The second kappa shape index (κ2) is 7.30. The number of carbonyl (C=O) groups excluding carboxylic acids is 1. The Morgan fingerprint density at radius 1 is 1.57 bits per heavy atom. The van der Waals surface area contributed by atoms with E-state index in [-0.39, 0.29) is 12.2 Å². The van der Waals surface area contributed by atoms with Crippen molar-refractivity contribution >= 4 is 15.0 Å². The lowest BCUT2D eigenvalue weighted by Gasteiger charge is -2.05. The minimum absolute atomic E-state index is 0.125. The van der Waals surface area contributed by atoms with Crippen molar-refractivity contribution in [2.45, 2.75) is 25.4 Å². The number of esters is 1. The quantitative estimate of drug-likeness (QED) is 0.287. The Morgan fingerprint density at radius 2 is 2.21 bits per heavy atom. The molecule has 1 unspecified atom stereocenters. The second-order valence-electron chi connectivity index (χ2n) is 2.93. The van der Waals surface area contributed by atoms with Gasteiger partial charge in [-0.2, -0.15) is 5.26 Å². The first-order valence-electron chi connectivity index (χ1n) is 4.53. The first-order chi connectivity index (χ1) is 6.61. The van der Waals surface area contributed by atoms with Gasteiger partial charge in [0.05, 0.1) is 6.61 Å². The van der Waals surface area contributed by atoms with Gasteiger partial charge in [-0.15, -0.1) is 0 Å². The number of carbonyl (C=O) groups is 1. The summed E-state index contributed by atoms with van der Waals surface area (Å²) < 4.78 is 4.69. The molecule has 0 saturated heterocycles. The van der Waals surface area contributed by atoms with Gasteiger partial charge in [0.2, 0.25) is 9.04 Å². The zero-order valence-corrected chi connectivity index (χ0v) is 9.44. The van der Waals surface area contributed by atoms with Gasteiger partial charge in [0.25, 0.3) is 0 Å². The van der Waals surface area contributed by atoms with Crippen molar-refractivity contribution in [3.8, 4) is 6.07 Å². The molecule has 0 aromatic carbocycles. The highest BCUT2D eigenvalue weighted by Crippen LogP contribution is 2.01. The highest BCUT2D eigenvalue weighted by Gasteiger charge is 2.11. The minimum atomic E-state index is -1.94. The third-order valence-electron chi connectivity index (χ3n) is 1.66. The maximum atomic E-state index is 11.2. The van der Waals surface area contributed by atoms with Gasteiger partial charge in [0, 0.05) is 6.04 Å². The van der Waals surface area contributed by atoms with Crippen LogP contribution in [0.2, 0.25) is 12.1 Å². The molecule has 0 aromatic rings. The average molecular weight is 212 g/mol. The molecule has 0 aliphatic rings. The van der Waals surface area contributed by atoms with E-state index in [0.29, 0.717) is 6.04 Å². The van der Waals surface area contributed by atoms with E-state index in [0.717, 1.165) is 12.5 Å². The molecule has 1 atom stereocenters. The van der Waals surface area contributed by atoms with Crippen LogP contribution in [0.3, 0.4) is 0 Å². The molecule has 0 fully saturated rings. The van der Waals surface area contributed by atoms with Gasteiger partial charge < -0.3 is 9.53 Å². The summed E-state index contributed by atoms with van der Waals surface area (Å²) in [4.78, 5) is 22.1. The Balaban J connectivity index is 3.60. The summed E-state index contributed by atoms with van der Waals surface area (Å²) in [5.41, 5.74) is -0.218. The van der Waals surface area contributed by atoms with Crippen LogP contribution in [0.25, 0.3) is 0 Å². The van der Waals surface area contributed by atoms with Crippen molar-refractivity contribution < 1.29 is 14.3 Å². The van der Waals surface area contributed by atoms with Crippen LogP contribution in [-0.2, 0) is 14.3 Å². The van der Waals surface area contributed by atoms with Crippen LogP contribution in [-0.4, -0.2) is 21.6 Å². The van der Waals surface area contributed by atoms with E-state index in [4.69, 9.17) is 5.26 Å². The summed E-state index contributed by atoms with van der Waals surface area (Å²) in [6.45, 7) is 5.29. The van der Waals surface area contributed by atoms with Gasteiger partial charge >= 0.3 is 5.97 Å². The maximum Gasteiger partial charge on any atom is 0.348 e. The molecule has 0 saturated carbocycles. The molecule has 77 valence electrons. The van der Waals surface area contributed by atoms with Crippen molar-refractivity contribution in [2.24, 2.45) is 0 Å². The molecule has 4 nitrogen and oxygen atoms in total. The number of ether oxygens (including phenoxy) is 1. The van der Waals surface area contributed by atoms with E-state index in [1.807, 2.05) is 6.92 Å². The Kier molecular flexibility index (Phi) is 6.71. The first kappa shape index (κ1) is 12.9. The van der Waals surface area contributed by atoms with Crippen LogP contribution in [0, 0.1) is 11.3 Å². The molecule has 0 amide bonds. The normalized spacial score (nSPS) is 11.5. The number of hydrogen-bond donors (Lipinski definition) is 0. The highest BCUT2D eigenvalue weighted by molar-refractivity contribution is 6.49. The third kappa shape index (κ3) is 5.51. The summed E-state index contributed by atoms with van der Waals surface area (Å²) >= 11 is 0. The van der Waals surface area contributed by atoms with E-state index < -0.39 is 15.0 Å². The maximum absolute atomic E-state index is 11.2. The fourth-order valence-corrected chi connectivity index (χ4v) is 2.20. The van der Waals surface area contributed by atoms with Crippen LogP contribution in [0.15, 0.2) is 12.2 Å². The van der Waals surface area contributed by atoms with Crippen LogP contribution >= 0.6 is 0 Å². The van der Waals surface area contributed by atoms with E-state index in [9.17, 15) is 9.59 Å². The molecule has 0 heterocycles. The lowest BCUT2D eigenvalue weighted by molar-refractivity contribution is -0.138. The Labute approximate surface area is 85.5 Å². The van der Waals surface area contributed by atoms with Gasteiger partial charge in [-0.3, -0.25) is 0 Å². The molecular weight excluding hydrogens is 198 g/mol. The fourth-order valence-electron chi connectivity index (χ4n) is 0.882. The Bertz CT molecular complexity index is 247. The SMILES string of the molecule is C=C(C#N)C(=O)OCC[SiH]([O])CCC. The largest absolute Gasteiger partial charge is 0.462 e. The summed E-state index contributed by atoms with van der Waals surface area (Å²) in [5, 5.41) is 8.29. The number of nitrogens with zero attached hydrogens (tertiary/aromatic N) is 1. The Morgan fingerprint density at radius 3 is 2.71 bits per heavy atom. The number of rotatable bonds is 6. The van der Waals surface area contributed by atoms with E-state index in [1.54, 1.807) is 6.07 Å². The lowest BCUT2D eigenvalue weighted by Crippen LogP contribution is -2.15. The smallest absolute Gasteiger partial charge is 0.348 e. The van der Waals surface area contributed by atoms with Crippen LogP contribution in [0.4, 0.5) is 0 Å². The van der Waals surface area contributed by atoms with Gasteiger partial charge in [-0.1, -0.05) is 19.9 Å². The van der Waals surface area contributed by atoms with Gasteiger partial charge in [-0.05, 0) is 6.04 Å². The molecular formula is C9H14NO3Si. The molecule has 0 aromatic heterocycles. The zero-order chi connectivity index (χ0) is 11.0. The Hall–Kier alpha value is -1.12. The third-order valence-corrected chi connectivity index (χ3v) is 3.77. The van der Waals surface area contributed by atoms with Crippen LogP contribution < -0.4 is 0 Å². The molecule has 0 aliphatic carbocycles. The molecule has 0 spiro atoms. The van der Waals surface area contributed by atoms with E-state index >= 15 is 0 Å². The summed E-state index contributed by atoms with van der Waals surface area (Å²) in [7, 11) is -1.94. The fraction of sp³-hybridized carbons (Fsp3) is 0.556. The molecule has 1 radical (unpaired) electrons. The molecule has 0 aliphatic heterocycles. The van der Waals surface area contributed by atoms with Crippen molar-refractivity contribution in [3.05, 3.63) is 12.2 Å². The van der Waals surface area contributed by atoms with Gasteiger partial charge in [0.15, 0.2) is 0 Å². The molecule has 0 N–H and O–H groups in total. The van der Waals surface area contributed by atoms with Crippen molar-refractivity contribution in [2.75, 3.05) is 6.61 Å². The van der Waals surface area contributed by atoms with Crippen LogP contribution in [0.5, 0.6) is 0 Å². The van der Waals surface area contributed by atoms with Gasteiger partial charge in [0.1, 0.15) is 11.6 Å². The minimum Gasteiger partial charge on any atom is -0.462 e. The molecule has 0 bridgehead atoms. The van der Waals surface area contributed by atoms with E-state index in [1.165, 1.54) is 0 Å². The standard InChI is InChI=1S/C9H14NO3Si/c1-3-5-14(12)6-4-13-9(11)8(2)7-10/h14H,2-6H2,1H3. The van der Waals surface area contributed by atoms with Crippen molar-refractivity contribution in [3.63, 3.8) is 0 Å². The zero-order valence-electron chi connectivity index (χ0n) is 8.28. The average Bonchev–Trinajstić information content (AvgIpc) is 2.16. The lowest BCUT2D eigenvalue weighted by atomic mass is 10.3. The topological polar surface area (TPSA) is 70.0 Å². The summed E-state index contributed by atoms with van der Waals surface area (Å²) in [6, 6.07) is 2.74. The molecule has 14 heavy (non-hydrogen) atoms. The first-order valence-corrected chi connectivity index (χ1v) is 6.64. The predicted octanol–water partition coefficient (Wildman–Crippen LogP) is 1.17. The second-order valence-corrected chi connectivity index (χ2v) is 5.32. The van der Waals surface area contributed by atoms with Crippen molar-refractivity contribution in [1.29, 1.82) is 5.26 Å².